The topological polar surface area (TPSA) is 111 Å². The van der Waals surface area contributed by atoms with Gasteiger partial charge in [0.05, 0.1) is 34.1 Å². The minimum atomic E-state index is 0.0471. The summed E-state index contributed by atoms with van der Waals surface area (Å²) in [6.45, 7) is 1.98. The number of hydrogen-bond acceptors (Lipinski definition) is 5. The Morgan fingerprint density at radius 1 is 1.03 bits per heavy atom. The number of aromatic amines is 2. The van der Waals surface area contributed by atoms with Gasteiger partial charge in [0, 0.05) is 29.8 Å². The predicted octanol–water partition coefficient (Wildman–Crippen LogP) is 4.50. The van der Waals surface area contributed by atoms with Crippen LogP contribution < -0.4 is 10.6 Å². The Morgan fingerprint density at radius 3 is 2.82 bits per heavy atom. The van der Waals surface area contributed by atoms with Crippen LogP contribution in [0.5, 0.6) is 0 Å². The Morgan fingerprint density at radius 2 is 1.94 bits per heavy atom. The molecule has 34 heavy (non-hydrogen) atoms. The summed E-state index contributed by atoms with van der Waals surface area (Å²) in [5.74, 6) is 0.491. The van der Waals surface area contributed by atoms with Crippen molar-refractivity contribution in [1.82, 2.24) is 30.5 Å². The van der Waals surface area contributed by atoms with Crippen molar-refractivity contribution in [3.63, 3.8) is 0 Å². The number of aromatic nitrogens is 5. The Labute approximate surface area is 196 Å². The van der Waals surface area contributed by atoms with Crippen molar-refractivity contribution in [2.75, 3.05) is 18.4 Å². The van der Waals surface area contributed by atoms with Gasteiger partial charge >= 0.3 is 0 Å². The summed E-state index contributed by atoms with van der Waals surface area (Å²) in [6, 6.07) is 14.1. The number of hydrogen-bond donors (Lipinski definition) is 4. The molecule has 1 amide bonds. The summed E-state index contributed by atoms with van der Waals surface area (Å²) in [7, 11) is 0. The third-order valence-corrected chi connectivity index (χ3v) is 6.50. The maximum Gasteiger partial charge on any atom is 0.224 e. The molecule has 4 N–H and O–H groups in total. The average molecular weight is 452 g/mol. The van der Waals surface area contributed by atoms with Gasteiger partial charge in [-0.2, -0.15) is 5.10 Å². The van der Waals surface area contributed by atoms with E-state index in [4.69, 9.17) is 0 Å². The first-order chi connectivity index (χ1) is 16.7. The molecular weight excluding hydrogens is 426 g/mol. The summed E-state index contributed by atoms with van der Waals surface area (Å²) in [4.78, 5) is 24.8. The van der Waals surface area contributed by atoms with E-state index >= 15 is 0 Å². The number of piperidine rings is 1. The Kier molecular flexibility index (Phi) is 5.27. The molecule has 1 aliphatic heterocycles. The summed E-state index contributed by atoms with van der Waals surface area (Å²) < 4.78 is 0. The maximum atomic E-state index is 12.6. The van der Waals surface area contributed by atoms with E-state index in [1.165, 1.54) is 0 Å². The average Bonchev–Trinajstić information content (AvgIpc) is 3.48. The zero-order valence-corrected chi connectivity index (χ0v) is 18.6. The standard InChI is InChI=1S/C26H25N7O/c34-25(10-16-5-8-27-9-6-16)30-19-11-18(14-28-15-19)17-3-4-21-20(12-17)26(33-32-21)24-13-23-22(31-24)2-1-7-29-23/h1-4,7,11-16,27,31H,5-6,8-10H2,(H,30,34)(H,32,33). The molecule has 0 unspecified atom stereocenters. The van der Waals surface area contributed by atoms with Gasteiger partial charge in [0.2, 0.25) is 5.91 Å². The second-order valence-corrected chi connectivity index (χ2v) is 8.86. The van der Waals surface area contributed by atoms with Crippen molar-refractivity contribution in [3.05, 3.63) is 61.1 Å². The highest BCUT2D eigenvalue weighted by molar-refractivity contribution is 5.97. The number of rotatable bonds is 5. The molecule has 4 aromatic heterocycles. The van der Waals surface area contributed by atoms with Crippen LogP contribution in [-0.4, -0.2) is 44.1 Å². The summed E-state index contributed by atoms with van der Waals surface area (Å²) >= 11 is 0. The fraction of sp³-hybridized carbons (Fsp3) is 0.231. The Balaban J connectivity index is 1.27. The van der Waals surface area contributed by atoms with E-state index in [0.717, 1.165) is 70.4 Å². The molecule has 0 saturated carbocycles. The highest BCUT2D eigenvalue weighted by Crippen LogP contribution is 2.32. The number of amides is 1. The SMILES string of the molecule is O=C(CC1CCNCC1)Nc1cncc(-c2ccc3[nH]nc(-c4cc5ncccc5[nH]4)c3c2)c1. The van der Waals surface area contributed by atoms with Crippen molar-refractivity contribution in [2.45, 2.75) is 19.3 Å². The van der Waals surface area contributed by atoms with Gasteiger partial charge in [0.1, 0.15) is 5.69 Å². The van der Waals surface area contributed by atoms with Crippen LogP contribution in [0.25, 0.3) is 44.5 Å². The van der Waals surface area contributed by atoms with Crippen molar-refractivity contribution in [3.8, 4) is 22.5 Å². The van der Waals surface area contributed by atoms with Crippen molar-refractivity contribution < 1.29 is 4.79 Å². The lowest BCUT2D eigenvalue weighted by molar-refractivity contribution is -0.117. The number of benzene rings is 1. The van der Waals surface area contributed by atoms with E-state index in [1.807, 2.05) is 42.6 Å². The molecule has 1 aromatic carbocycles. The minimum absolute atomic E-state index is 0.0471. The molecule has 0 atom stereocenters. The second kappa shape index (κ2) is 8.72. The molecular formula is C26H25N7O. The zero-order chi connectivity index (χ0) is 22.9. The molecule has 8 nitrogen and oxygen atoms in total. The Hall–Kier alpha value is -4.04. The number of H-pyrrole nitrogens is 2. The fourth-order valence-electron chi connectivity index (χ4n) is 4.71. The first kappa shape index (κ1) is 20.6. The molecule has 0 bridgehead atoms. The molecule has 170 valence electrons. The summed E-state index contributed by atoms with van der Waals surface area (Å²) in [5, 5.41) is 15.0. The lowest BCUT2D eigenvalue weighted by atomic mass is 9.94. The minimum Gasteiger partial charge on any atom is -0.352 e. The fourth-order valence-corrected chi connectivity index (χ4v) is 4.71. The van der Waals surface area contributed by atoms with Gasteiger partial charge in [-0.1, -0.05) is 6.07 Å². The monoisotopic (exact) mass is 451 g/mol. The number of carbonyl (C=O) groups excluding carboxylic acids is 1. The predicted molar refractivity (Wildman–Crippen MR) is 133 cm³/mol. The number of carbonyl (C=O) groups is 1. The van der Waals surface area contributed by atoms with Gasteiger partial charge in [-0.3, -0.25) is 19.9 Å². The van der Waals surface area contributed by atoms with Crippen LogP contribution in [0.15, 0.2) is 61.1 Å². The third kappa shape index (κ3) is 4.04. The highest BCUT2D eigenvalue weighted by atomic mass is 16.1. The lowest BCUT2D eigenvalue weighted by Gasteiger charge is -2.21. The van der Waals surface area contributed by atoms with E-state index < -0.39 is 0 Å². The molecule has 0 spiro atoms. The molecule has 0 aliphatic carbocycles. The largest absolute Gasteiger partial charge is 0.352 e. The van der Waals surface area contributed by atoms with Gasteiger partial charge in [-0.25, -0.2) is 0 Å². The second-order valence-electron chi connectivity index (χ2n) is 8.86. The quantitative estimate of drug-likeness (QED) is 0.314. The lowest BCUT2D eigenvalue weighted by Crippen LogP contribution is -2.30. The van der Waals surface area contributed by atoms with E-state index in [-0.39, 0.29) is 5.91 Å². The molecule has 5 aromatic rings. The van der Waals surface area contributed by atoms with E-state index in [9.17, 15) is 4.79 Å². The number of anilines is 1. The molecule has 1 saturated heterocycles. The van der Waals surface area contributed by atoms with E-state index in [0.29, 0.717) is 18.0 Å². The molecule has 5 heterocycles. The van der Waals surface area contributed by atoms with Crippen LogP contribution in [0, 0.1) is 5.92 Å². The Bertz CT molecular complexity index is 1450. The van der Waals surface area contributed by atoms with Gasteiger partial charge in [-0.05, 0) is 73.8 Å². The van der Waals surface area contributed by atoms with Gasteiger partial charge < -0.3 is 15.6 Å². The highest BCUT2D eigenvalue weighted by Gasteiger charge is 2.17. The molecule has 8 heteroatoms. The van der Waals surface area contributed by atoms with Gasteiger partial charge in [0.25, 0.3) is 0 Å². The first-order valence-electron chi connectivity index (χ1n) is 11.6. The number of pyridine rings is 2. The number of nitrogens with zero attached hydrogens (tertiary/aromatic N) is 3. The van der Waals surface area contributed by atoms with Crippen molar-refractivity contribution in [2.24, 2.45) is 5.92 Å². The molecule has 1 aliphatic rings. The molecule has 1 fully saturated rings. The third-order valence-electron chi connectivity index (χ3n) is 6.50. The summed E-state index contributed by atoms with van der Waals surface area (Å²) in [6.07, 6.45) is 7.94. The van der Waals surface area contributed by atoms with Crippen LogP contribution in [0.1, 0.15) is 19.3 Å². The van der Waals surface area contributed by atoms with Crippen molar-refractivity contribution in [1.29, 1.82) is 0 Å². The van der Waals surface area contributed by atoms with Crippen LogP contribution in [0.4, 0.5) is 5.69 Å². The van der Waals surface area contributed by atoms with Crippen LogP contribution in [0.3, 0.4) is 0 Å². The molecule has 0 radical (unpaired) electrons. The van der Waals surface area contributed by atoms with Crippen LogP contribution in [-0.2, 0) is 4.79 Å². The van der Waals surface area contributed by atoms with Crippen LogP contribution >= 0.6 is 0 Å². The number of fused-ring (bicyclic) bond motifs is 2. The number of nitrogens with one attached hydrogen (secondary N) is 4. The smallest absolute Gasteiger partial charge is 0.224 e. The first-order valence-corrected chi connectivity index (χ1v) is 11.6. The maximum absolute atomic E-state index is 12.6. The van der Waals surface area contributed by atoms with E-state index in [1.54, 1.807) is 12.4 Å². The van der Waals surface area contributed by atoms with E-state index in [2.05, 4.69) is 41.8 Å². The van der Waals surface area contributed by atoms with Crippen molar-refractivity contribution >= 4 is 33.5 Å². The summed E-state index contributed by atoms with van der Waals surface area (Å²) in [5.41, 5.74) is 7.24. The van der Waals surface area contributed by atoms with Gasteiger partial charge in [0.15, 0.2) is 0 Å². The normalized spacial score (nSPS) is 14.6. The molecule has 6 rings (SSSR count). The van der Waals surface area contributed by atoms with Crippen LogP contribution in [0.2, 0.25) is 0 Å². The van der Waals surface area contributed by atoms with Gasteiger partial charge in [-0.15, -0.1) is 0 Å². The zero-order valence-electron chi connectivity index (χ0n) is 18.6.